The van der Waals surface area contributed by atoms with Crippen LogP contribution in [0.2, 0.25) is 5.02 Å². The number of hydrogen-bond acceptors (Lipinski definition) is 2. The van der Waals surface area contributed by atoms with Gasteiger partial charge in [0, 0.05) is 16.0 Å². The maximum atomic E-state index is 6.22. The summed E-state index contributed by atoms with van der Waals surface area (Å²) >= 11 is 7.88. The van der Waals surface area contributed by atoms with E-state index < -0.39 is 0 Å². The zero-order chi connectivity index (χ0) is 13.0. The fourth-order valence-corrected chi connectivity index (χ4v) is 2.49. The van der Waals surface area contributed by atoms with Crippen LogP contribution in [-0.2, 0) is 6.42 Å². The molecule has 0 aromatic heterocycles. The second-order valence-electron chi connectivity index (χ2n) is 4.18. The summed E-state index contributed by atoms with van der Waals surface area (Å²) in [5.74, 6) is 0. The Morgan fingerprint density at radius 2 is 1.78 bits per heavy atom. The molecule has 0 aliphatic rings. The molecule has 0 bridgehead atoms. The highest BCUT2D eigenvalue weighted by Gasteiger charge is 2.09. The van der Waals surface area contributed by atoms with E-state index in [1.165, 1.54) is 4.90 Å². The molecule has 2 aromatic rings. The van der Waals surface area contributed by atoms with Crippen LogP contribution in [0.4, 0.5) is 0 Å². The molecule has 18 heavy (non-hydrogen) atoms. The number of thioether (sulfide) groups is 1. The van der Waals surface area contributed by atoms with Crippen LogP contribution in [-0.4, -0.2) is 6.26 Å². The van der Waals surface area contributed by atoms with Gasteiger partial charge in [0.2, 0.25) is 0 Å². The number of rotatable bonds is 4. The predicted octanol–water partition coefficient (Wildman–Crippen LogP) is 4.30. The summed E-state index contributed by atoms with van der Waals surface area (Å²) in [5, 5.41) is 0.786. The topological polar surface area (TPSA) is 26.0 Å². The van der Waals surface area contributed by atoms with Gasteiger partial charge < -0.3 is 5.73 Å². The second kappa shape index (κ2) is 6.28. The Kier molecular flexibility index (Phi) is 4.70. The van der Waals surface area contributed by atoms with E-state index in [2.05, 4.69) is 30.5 Å². The third-order valence-electron chi connectivity index (χ3n) is 2.94. The molecule has 0 amide bonds. The first kappa shape index (κ1) is 13.5. The molecule has 94 valence electrons. The van der Waals surface area contributed by atoms with Gasteiger partial charge in [0.15, 0.2) is 0 Å². The molecule has 0 spiro atoms. The van der Waals surface area contributed by atoms with Crippen molar-refractivity contribution in [1.29, 1.82) is 0 Å². The molecule has 3 heteroatoms. The van der Waals surface area contributed by atoms with E-state index in [0.717, 1.165) is 22.6 Å². The zero-order valence-corrected chi connectivity index (χ0v) is 11.8. The smallest absolute Gasteiger partial charge is 0.0438 e. The molecule has 2 rings (SSSR count). The molecular formula is C15H16ClNS. The Hall–Kier alpha value is -0.960. The third-order valence-corrected chi connectivity index (χ3v) is 4.05. The molecule has 1 unspecified atom stereocenters. The molecule has 0 heterocycles. The molecule has 0 aliphatic heterocycles. The van der Waals surface area contributed by atoms with Crippen molar-refractivity contribution in [2.75, 3.05) is 6.26 Å². The van der Waals surface area contributed by atoms with Crippen molar-refractivity contribution >= 4 is 23.4 Å². The van der Waals surface area contributed by atoms with Gasteiger partial charge in [0.25, 0.3) is 0 Å². The highest BCUT2D eigenvalue weighted by molar-refractivity contribution is 7.98. The Morgan fingerprint density at radius 1 is 1.11 bits per heavy atom. The monoisotopic (exact) mass is 277 g/mol. The molecule has 0 aliphatic carbocycles. The van der Waals surface area contributed by atoms with Crippen molar-refractivity contribution in [2.45, 2.75) is 17.4 Å². The normalized spacial score (nSPS) is 12.4. The summed E-state index contributed by atoms with van der Waals surface area (Å²) < 4.78 is 0. The first-order valence-corrected chi connectivity index (χ1v) is 7.44. The van der Waals surface area contributed by atoms with E-state index in [4.69, 9.17) is 17.3 Å². The van der Waals surface area contributed by atoms with Gasteiger partial charge in [-0.15, -0.1) is 11.8 Å². The van der Waals surface area contributed by atoms with E-state index in [1.54, 1.807) is 11.8 Å². The first-order chi connectivity index (χ1) is 8.70. The van der Waals surface area contributed by atoms with Crippen molar-refractivity contribution in [1.82, 2.24) is 0 Å². The number of benzene rings is 2. The summed E-state index contributed by atoms with van der Waals surface area (Å²) in [6.07, 6.45) is 2.83. The lowest BCUT2D eigenvalue weighted by atomic mass is 10.00. The first-order valence-electron chi connectivity index (χ1n) is 5.83. The van der Waals surface area contributed by atoms with Crippen molar-refractivity contribution in [3.63, 3.8) is 0 Å². The second-order valence-corrected chi connectivity index (χ2v) is 5.46. The van der Waals surface area contributed by atoms with Gasteiger partial charge in [0.1, 0.15) is 0 Å². The summed E-state index contributed by atoms with van der Waals surface area (Å²) in [6.45, 7) is 0. The highest BCUT2D eigenvalue weighted by atomic mass is 35.5. The Bertz CT molecular complexity index is 510. The molecule has 0 saturated carbocycles. The van der Waals surface area contributed by atoms with Crippen LogP contribution >= 0.6 is 23.4 Å². The van der Waals surface area contributed by atoms with Crippen molar-refractivity contribution < 1.29 is 0 Å². The molecule has 0 fully saturated rings. The Labute approximate surface area is 117 Å². The largest absolute Gasteiger partial charge is 0.324 e. The van der Waals surface area contributed by atoms with E-state index in [-0.39, 0.29) is 6.04 Å². The van der Waals surface area contributed by atoms with Crippen LogP contribution < -0.4 is 5.73 Å². The standard InChI is InChI=1S/C15H16ClNS/c1-18-13-8-6-11(7-9-13)15(17)10-12-4-2-3-5-14(12)16/h2-9,15H,10,17H2,1H3. The summed E-state index contributed by atoms with van der Waals surface area (Å²) in [7, 11) is 0. The fraction of sp³-hybridized carbons (Fsp3) is 0.200. The van der Waals surface area contributed by atoms with Crippen LogP contribution in [0.25, 0.3) is 0 Å². The molecular weight excluding hydrogens is 262 g/mol. The highest BCUT2D eigenvalue weighted by Crippen LogP contribution is 2.23. The van der Waals surface area contributed by atoms with Gasteiger partial charge in [-0.2, -0.15) is 0 Å². The maximum absolute atomic E-state index is 6.22. The number of halogens is 1. The van der Waals surface area contributed by atoms with Crippen LogP contribution in [0, 0.1) is 0 Å². The maximum Gasteiger partial charge on any atom is 0.0438 e. The molecule has 0 radical (unpaired) electrons. The van der Waals surface area contributed by atoms with Crippen molar-refractivity contribution in [3.05, 3.63) is 64.7 Å². The molecule has 1 nitrogen and oxygen atoms in total. The predicted molar refractivity (Wildman–Crippen MR) is 80.3 cm³/mol. The SMILES string of the molecule is CSc1ccc(C(N)Cc2ccccc2Cl)cc1. The minimum atomic E-state index is -0.0131. The van der Waals surface area contributed by atoms with Crippen LogP contribution in [0.15, 0.2) is 53.4 Å². The van der Waals surface area contributed by atoms with Gasteiger partial charge in [-0.05, 0) is 42.0 Å². The third kappa shape index (κ3) is 3.29. The summed E-state index contributed by atoms with van der Waals surface area (Å²) in [5.41, 5.74) is 8.47. The van der Waals surface area contributed by atoms with Crippen LogP contribution in [0.5, 0.6) is 0 Å². The summed E-state index contributed by atoms with van der Waals surface area (Å²) in [6, 6.07) is 16.2. The molecule has 2 N–H and O–H groups in total. The Morgan fingerprint density at radius 3 is 2.39 bits per heavy atom. The zero-order valence-electron chi connectivity index (χ0n) is 10.3. The van der Waals surface area contributed by atoms with E-state index >= 15 is 0 Å². The van der Waals surface area contributed by atoms with Gasteiger partial charge in [-0.25, -0.2) is 0 Å². The van der Waals surface area contributed by atoms with Gasteiger partial charge in [0.05, 0.1) is 0 Å². The van der Waals surface area contributed by atoms with E-state index in [0.29, 0.717) is 0 Å². The fourth-order valence-electron chi connectivity index (χ4n) is 1.87. The molecule has 0 saturated heterocycles. The Balaban J connectivity index is 2.11. The lowest BCUT2D eigenvalue weighted by molar-refractivity contribution is 0.721. The van der Waals surface area contributed by atoms with Gasteiger partial charge in [-0.3, -0.25) is 0 Å². The van der Waals surface area contributed by atoms with Crippen molar-refractivity contribution in [2.24, 2.45) is 5.73 Å². The van der Waals surface area contributed by atoms with Crippen LogP contribution in [0.1, 0.15) is 17.2 Å². The molecule has 2 aromatic carbocycles. The number of hydrogen-bond donors (Lipinski definition) is 1. The lowest BCUT2D eigenvalue weighted by Crippen LogP contribution is -2.13. The van der Waals surface area contributed by atoms with Gasteiger partial charge >= 0.3 is 0 Å². The van der Waals surface area contributed by atoms with Gasteiger partial charge in [-0.1, -0.05) is 41.9 Å². The minimum absolute atomic E-state index is 0.0131. The quantitative estimate of drug-likeness (QED) is 0.843. The molecule has 1 atom stereocenters. The minimum Gasteiger partial charge on any atom is -0.324 e. The van der Waals surface area contributed by atoms with E-state index in [1.807, 2.05) is 24.3 Å². The van der Waals surface area contributed by atoms with Crippen molar-refractivity contribution in [3.8, 4) is 0 Å². The lowest BCUT2D eigenvalue weighted by Gasteiger charge is -2.13. The summed E-state index contributed by atoms with van der Waals surface area (Å²) in [4.78, 5) is 1.25. The van der Waals surface area contributed by atoms with E-state index in [9.17, 15) is 0 Å². The number of nitrogens with two attached hydrogens (primary N) is 1. The van der Waals surface area contributed by atoms with Crippen LogP contribution in [0.3, 0.4) is 0 Å². The average molecular weight is 278 g/mol. The average Bonchev–Trinajstić information content (AvgIpc) is 2.41.